The number of benzene rings is 1. The van der Waals surface area contributed by atoms with Gasteiger partial charge in [0.05, 0.1) is 11.9 Å². The molecule has 0 unspecified atom stereocenters. The lowest BCUT2D eigenvalue weighted by Crippen LogP contribution is -2.03. The molecule has 0 spiro atoms. The van der Waals surface area contributed by atoms with Crippen molar-refractivity contribution in [2.24, 2.45) is 5.73 Å². The van der Waals surface area contributed by atoms with E-state index in [0.717, 1.165) is 6.07 Å². The first-order valence-electron chi connectivity index (χ1n) is 4.89. The van der Waals surface area contributed by atoms with Gasteiger partial charge in [-0.1, -0.05) is 0 Å². The second kappa shape index (κ2) is 4.40. The number of nitrogens with one attached hydrogen (secondary N) is 1. The normalized spacial score (nSPS) is 10.7. The van der Waals surface area contributed by atoms with Crippen LogP contribution in [0.1, 0.15) is 5.82 Å². The van der Waals surface area contributed by atoms with Crippen molar-refractivity contribution in [1.29, 1.82) is 0 Å². The summed E-state index contributed by atoms with van der Waals surface area (Å²) >= 11 is 0. The lowest BCUT2D eigenvalue weighted by molar-refractivity contribution is 0.584. The molecule has 84 valence electrons. The van der Waals surface area contributed by atoms with Crippen LogP contribution in [0.2, 0.25) is 0 Å². The molecule has 0 bridgehead atoms. The van der Waals surface area contributed by atoms with Crippen molar-refractivity contribution in [3.8, 4) is 11.3 Å². The van der Waals surface area contributed by atoms with Crippen molar-refractivity contribution >= 4 is 0 Å². The number of H-pyrrole nitrogens is 1. The highest BCUT2D eigenvalue weighted by atomic mass is 19.1. The van der Waals surface area contributed by atoms with E-state index >= 15 is 0 Å². The van der Waals surface area contributed by atoms with Gasteiger partial charge in [-0.3, -0.25) is 0 Å². The number of rotatable bonds is 3. The van der Waals surface area contributed by atoms with Crippen molar-refractivity contribution in [1.82, 2.24) is 9.97 Å². The highest BCUT2D eigenvalue weighted by molar-refractivity contribution is 5.58. The maximum Gasteiger partial charge on any atom is 0.126 e. The third-order valence-corrected chi connectivity index (χ3v) is 2.18. The summed E-state index contributed by atoms with van der Waals surface area (Å²) in [5.41, 5.74) is 6.40. The second-order valence-corrected chi connectivity index (χ2v) is 3.44. The van der Waals surface area contributed by atoms with Crippen LogP contribution in [0.4, 0.5) is 8.78 Å². The number of aromatic amines is 1. The highest BCUT2D eigenvalue weighted by Gasteiger charge is 2.06. The number of nitrogens with two attached hydrogens (primary N) is 1. The summed E-state index contributed by atoms with van der Waals surface area (Å²) in [6.45, 7) is 0.477. The zero-order valence-electron chi connectivity index (χ0n) is 8.50. The van der Waals surface area contributed by atoms with Gasteiger partial charge in [-0.2, -0.15) is 0 Å². The maximum atomic E-state index is 13.0. The van der Waals surface area contributed by atoms with Crippen molar-refractivity contribution in [3.63, 3.8) is 0 Å². The van der Waals surface area contributed by atoms with Gasteiger partial charge >= 0.3 is 0 Å². The van der Waals surface area contributed by atoms with Gasteiger partial charge in [0.1, 0.15) is 17.5 Å². The summed E-state index contributed by atoms with van der Waals surface area (Å²) in [6.07, 6.45) is 2.15. The molecule has 3 N–H and O–H groups in total. The Balaban J connectivity index is 2.34. The van der Waals surface area contributed by atoms with Gasteiger partial charge in [-0.25, -0.2) is 13.8 Å². The average molecular weight is 223 g/mol. The molecule has 0 radical (unpaired) electrons. The summed E-state index contributed by atoms with van der Waals surface area (Å²) in [5, 5.41) is 0. The fourth-order valence-corrected chi connectivity index (χ4v) is 1.48. The first-order chi connectivity index (χ1) is 7.69. The van der Waals surface area contributed by atoms with Crippen LogP contribution < -0.4 is 5.73 Å². The van der Waals surface area contributed by atoms with E-state index in [4.69, 9.17) is 5.73 Å². The fourth-order valence-electron chi connectivity index (χ4n) is 1.48. The Hall–Kier alpha value is -1.75. The number of hydrogen-bond acceptors (Lipinski definition) is 2. The molecule has 16 heavy (non-hydrogen) atoms. The third kappa shape index (κ3) is 2.25. The Kier molecular flexibility index (Phi) is 2.96. The molecule has 3 nitrogen and oxygen atoms in total. The Labute approximate surface area is 91.3 Å². The third-order valence-electron chi connectivity index (χ3n) is 2.18. The molecule has 0 aliphatic heterocycles. The molecule has 0 saturated heterocycles. The summed E-state index contributed by atoms with van der Waals surface area (Å²) in [4.78, 5) is 7.02. The molecule has 2 rings (SSSR count). The van der Waals surface area contributed by atoms with Gasteiger partial charge in [-0.05, 0) is 18.7 Å². The number of halogens is 2. The first-order valence-corrected chi connectivity index (χ1v) is 4.89. The van der Waals surface area contributed by atoms with Crippen LogP contribution in [0, 0.1) is 11.6 Å². The quantitative estimate of drug-likeness (QED) is 0.834. The van der Waals surface area contributed by atoms with Gasteiger partial charge in [0.15, 0.2) is 0 Å². The largest absolute Gasteiger partial charge is 0.342 e. The smallest absolute Gasteiger partial charge is 0.126 e. The number of aromatic nitrogens is 2. The lowest BCUT2D eigenvalue weighted by Gasteiger charge is -1.98. The molecule has 0 atom stereocenters. The van der Waals surface area contributed by atoms with Crippen LogP contribution in [-0.2, 0) is 6.42 Å². The van der Waals surface area contributed by atoms with Gasteiger partial charge in [0.25, 0.3) is 0 Å². The van der Waals surface area contributed by atoms with Crippen LogP contribution in [0.3, 0.4) is 0 Å². The molecule has 0 fully saturated rings. The minimum atomic E-state index is -0.607. The highest BCUT2D eigenvalue weighted by Crippen LogP contribution is 2.19. The van der Waals surface area contributed by atoms with Gasteiger partial charge in [0.2, 0.25) is 0 Å². The molecule has 0 aliphatic carbocycles. The van der Waals surface area contributed by atoms with Crippen molar-refractivity contribution < 1.29 is 8.78 Å². The van der Waals surface area contributed by atoms with Crippen molar-refractivity contribution in [3.05, 3.63) is 41.9 Å². The van der Waals surface area contributed by atoms with Crippen LogP contribution >= 0.6 is 0 Å². The zero-order chi connectivity index (χ0) is 11.5. The molecule has 1 aromatic heterocycles. The molecule has 0 aliphatic rings. The molecular formula is C11H11F2N3. The van der Waals surface area contributed by atoms with E-state index in [9.17, 15) is 8.78 Å². The summed E-state index contributed by atoms with van der Waals surface area (Å²) in [6, 6.07) is 3.34. The van der Waals surface area contributed by atoms with E-state index in [1.54, 1.807) is 6.20 Å². The van der Waals surface area contributed by atoms with Crippen LogP contribution in [0.5, 0.6) is 0 Å². The molecule has 0 saturated carbocycles. The first kappa shape index (κ1) is 10.8. The predicted octanol–water partition coefficient (Wildman–Crippen LogP) is 1.86. The topological polar surface area (TPSA) is 54.7 Å². The van der Waals surface area contributed by atoms with E-state index in [1.807, 2.05) is 0 Å². The number of imidazole rings is 1. The maximum absolute atomic E-state index is 13.0. The van der Waals surface area contributed by atoms with E-state index in [0.29, 0.717) is 30.0 Å². The van der Waals surface area contributed by atoms with E-state index < -0.39 is 11.6 Å². The van der Waals surface area contributed by atoms with Crippen LogP contribution in [0.25, 0.3) is 11.3 Å². The minimum absolute atomic E-state index is 0.438. The average Bonchev–Trinajstić information content (AvgIpc) is 2.65. The van der Waals surface area contributed by atoms with Crippen LogP contribution in [-0.4, -0.2) is 16.5 Å². The van der Waals surface area contributed by atoms with Gasteiger partial charge < -0.3 is 10.7 Å². The Morgan fingerprint density at radius 1 is 1.19 bits per heavy atom. The SMILES string of the molecule is NCCc1ncc(-c2cc(F)cc(F)c2)[nH]1. The molecule has 1 aromatic carbocycles. The lowest BCUT2D eigenvalue weighted by atomic mass is 10.1. The molecular weight excluding hydrogens is 212 g/mol. The van der Waals surface area contributed by atoms with E-state index in [1.165, 1.54) is 12.1 Å². The molecule has 2 aromatic rings. The Morgan fingerprint density at radius 2 is 1.88 bits per heavy atom. The van der Waals surface area contributed by atoms with Crippen molar-refractivity contribution in [2.75, 3.05) is 6.54 Å². The summed E-state index contributed by atoms with van der Waals surface area (Å²) < 4.78 is 25.9. The van der Waals surface area contributed by atoms with E-state index in [-0.39, 0.29) is 0 Å². The second-order valence-electron chi connectivity index (χ2n) is 3.44. The number of nitrogens with zero attached hydrogens (tertiary/aromatic N) is 1. The Bertz CT molecular complexity index is 473. The zero-order valence-corrected chi connectivity index (χ0v) is 8.50. The summed E-state index contributed by atoms with van der Waals surface area (Å²) in [5.74, 6) is -0.503. The number of hydrogen-bond donors (Lipinski definition) is 2. The van der Waals surface area contributed by atoms with Crippen molar-refractivity contribution in [2.45, 2.75) is 6.42 Å². The predicted molar refractivity (Wildman–Crippen MR) is 56.7 cm³/mol. The summed E-state index contributed by atoms with van der Waals surface area (Å²) in [7, 11) is 0. The van der Waals surface area contributed by atoms with Gasteiger partial charge in [0, 0.05) is 18.1 Å². The Morgan fingerprint density at radius 3 is 2.50 bits per heavy atom. The molecule has 0 amide bonds. The molecule has 5 heteroatoms. The molecule has 1 heterocycles. The standard InChI is InChI=1S/C11H11F2N3/c12-8-3-7(4-9(13)5-8)10-6-15-11(16-10)1-2-14/h3-6H,1-2,14H2,(H,15,16). The minimum Gasteiger partial charge on any atom is -0.342 e. The van der Waals surface area contributed by atoms with Crippen LogP contribution in [0.15, 0.2) is 24.4 Å². The van der Waals surface area contributed by atoms with Gasteiger partial charge in [-0.15, -0.1) is 0 Å². The van der Waals surface area contributed by atoms with E-state index in [2.05, 4.69) is 9.97 Å². The fraction of sp³-hybridized carbons (Fsp3) is 0.182. The monoisotopic (exact) mass is 223 g/mol.